The molecule has 2 nitrogen and oxygen atoms in total. The smallest absolute Gasteiger partial charge is 0.326 e. The van der Waals surface area contributed by atoms with Gasteiger partial charge in [-0.05, 0) is 53.9 Å². The van der Waals surface area contributed by atoms with Gasteiger partial charge in [0, 0.05) is 17.5 Å². The summed E-state index contributed by atoms with van der Waals surface area (Å²) in [6, 6.07) is 17.8. The second-order valence-corrected chi connectivity index (χ2v) is 13.1. The lowest BCUT2D eigenvalue weighted by molar-refractivity contribution is 0.456. The van der Waals surface area contributed by atoms with E-state index in [1.165, 1.54) is 44.2 Å². The average Bonchev–Trinajstić information content (AvgIpc) is 2.73. The molecule has 3 aromatic rings. The molecule has 0 saturated carbocycles. The lowest BCUT2D eigenvalue weighted by Crippen LogP contribution is -2.22. The fourth-order valence-corrected chi connectivity index (χ4v) is 6.44. The number of hydrogen-bond acceptors (Lipinski definition) is 2. The molecule has 1 heterocycles. The fourth-order valence-electron chi connectivity index (χ4n) is 4.76. The molecule has 4 rings (SSSR count). The van der Waals surface area contributed by atoms with Gasteiger partial charge in [0.25, 0.3) is 0 Å². The summed E-state index contributed by atoms with van der Waals surface area (Å²) in [7, 11) is -1.36. The Hall–Kier alpha value is -2.31. The van der Waals surface area contributed by atoms with Crippen LogP contribution in [0.25, 0.3) is 0 Å². The van der Waals surface area contributed by atoms with Crippen LogP contribution in [-0.2, 0) is 23.7 Å². The highest BCUT2D eigenvalue weighted by molar-refractivity contribution is 7.56. The Bertz CT molecular complexity index is 1140. The maximum absolute atomic E-state index is 6.98. The van der Waals surface area contributed by atoms with E-state index in [2.05, 4.69) is 111 Å². The first-order valence-electron chi connectivity index (χ1n) is 12.4. The summed E-state index contributed by atoms with van der Waals surface area (Å²) < 4.78 is 14.0. The van der Waals surface area contributed by atoms with E-state index in [0.29, 0.717) is 0 Å². The van der Waals surface area contributed by atoms with Crippen molar-refractivity contribution < 1.29 is 9.05 Å². The van der Waals surface area contributed by atoms with Crippen molar-refractivity contribution in [3.05, 3.63) is 87.5 Å². The summed E-state index contributed by atoms with van der Waals surface area (Å²) in [5, 5.41) is 1.17. The van der Waals surface area contributed by atoms with Crippen molar-refractivity contribution in [2.75, 3.05) is 0 Å². The number of benzene rings is 3. The van der Waals surface area contributed by atoms with Gasteiger partial charge in [0.05, 0.1) is 5.30 Å². The van der Waals surface area contributed by atoms with Crippen LogP contribution in [0.4, 0.5) is 0 Å². The van der Waals surface area contributed by atoms with Crippen LogP contribution in [0, 0.1) is 13.8 Å². The third-order valence-electron chi connectivity index (χ3n) is 6.53. The van der Waals surface area contributed by atoms with Crippen molar-refractivity contribution in [2.45, 2.75) is 86.0 Å². The molecule has 0 fully saturated rings. The van der Waals surface area contributed by atoms with E-state index in [0.717, 1.165) is 24.3 Å². The monoisotopic (exact) mass is 474 g/mol. The summed E-state index contributed by atoms with van der Waals surface area (Å²) in [6.45, 7) is 20.2. The van der Waals surface area contributed by atoms with Crippen molar-refractivity contribution >= 4 is 13.7 Å². The second kappa shape index (κ2) is 9.04. The van der Waals surface area contributed by atoms with Crippen LogP contribution >= 0.6 is 8.38 Å². The van der Waals surface area contributed by atoms with Gasteiger partial charge in [0.15, 0.2) is 0 Å². The van der Waals surface area contributed by atoms with E-state index in [1.807, 2.05) is 0 Å². The lowest BCUT2D eigenvalue weighted by atomic mass is 9.81. The lowest BCUT2D eigenvalue weighted by Gasteiger charge is -2.33. The standard InChI is InChI=1S/C31H39O2P/c1-10-22-13-11-12-14-27(22)34-32-28-23(15-20(2)17-25(28)30(4,5)6)19-24-16-21(3)18-26(29(24)33-34)31(7,8)9/h11-18H,10,19H2,1-9H3. The molecule has 0 aliphatic carbocycles. The maximum atomic E-state index is 6.98. The van der Waals surface area contributed by atoms with E-state index in [-0.39, 0.29) is 10.8 Å². The first kappa shape index (κ1) is 24.8. The van der Waals surface area contributed by atoms with Crippen LogP contribution in [0.5, 0.6) is 11.5 Å². The van der Waals surface area contributed by atoms with Crippen LogP contribution < -0.4 is 14.4 Å². The number of aryl methyl sites for hydroxylation is 3. The predicted octanol–water partition coefficient (Wildman–Crippen LogP) is 8.46. The van der Waals surface area contributed by atoms with E-state index >= 15 is 0 Å². The summed E-state index contributed by atoms with van der Waals surface area (Å²) in [5.41, 5.74) is 8.77. The molecule has 180 valence electrons. The molecule has 0 saturated heterocycles. The molecule has 1 aliphatic rings. The zero-order valence-corrected chi connectivity index (χ0v) is 23.2. The quantitative estimate of drug-likeness (QED) is 0.347. The average molecular weight is 475 g/mol. The molecule has 3 aromatic carbocycles. The number of fused-ring (bicyclic) bond motifs is 2. The van der Waals surface area contributed by atoms with Gasteiger partial charge in [-0.15, -0.1) is 0 Å². The molecule has 0 spiro atoms. The summed E-state index contributed by atoms with van der Waals surface area (Å²) in [6.07, 6.45) is 1.75. The van der Waals surface area contributed by atoms with Crippen molar-refractivity contribution in [3.63, 3.8) is 0 Å². The molecule has 0 radical (unpaired) electrons. The summed E-state index contributed by atoms with van der Waals surface area (Å²) >= 11 is 0. The normalized spacial score (nSPS) is 14.4. The minimum atomic E-state index is -1.36. The van der Waals surface area contributed by atoms with Crippen LogP contribution in [0.2, 0.25) is 0 Å². The first-order chi connectivity index (χ1) is 15.9. The molecule has 0 aromatic heterocycles. The second-order valence-electron chi connectivity index (χ2n) is 11.7. The van der Waals surface area contributed by atoms with E-state index in [9.17, 15) is 0 Å². The molecule has 0 bridgehead atoms. The molecule has 0 atom stereocenters. The molecule has 34 heavy (non-hydrogen) atoms. The topological polar surface area (TPSA) is 18.5 Å². The van der Waals surface area contributed by atoms with Crippen molar-refractivity contribution in [2.24, 2.45) is 0 Å². The highest BCUT2D eigenvalue weighted by Gasteiger charge is 2.33. The van der Waals surface area contributed by atoms with Crippen LogP contribution in [-0.4, -0.2) is 0 Å². The van der Waals surface area contributed by atoms with Crippen molar-refractivity contribution in [3.8, 4) is 11.5 Å². The largest absolute Gasteiger partial charge is 0.435 e. The van der Waals surface area contributed by atoms with E-state index < -0.39 is 8.38 Å². The van der Waals surface area contributed by atoms with Gasteiger partial charge < -0.3 is 9.05 Å². The fraction of sp³-hybridized carbons (Fsp3) is 0.419. The SMILES string of the molecule is CCc1ccccc1P1Oc2c(cc(C)cc2C(C)(C)C)Cc2cc(C)cc(C(C)(C)C)c2O1. The Morgan fingerprint density at radius 3 is 1.65 bits per heavy atom. The number of hydrogen-bond donors (Lipinski definition) is 0. The molecule has 0 amide bonds. The van der Waals surface area contributed by atoms with Crippen LogP contribution in [0.15, 0.2) is 48.5 Å². The van der Waals surface area contributed by atoms with Gasteiger partial charge in [0.2, 0.25) is 0 Å². The van der Waals surface area contributed by atoms with E-state index in [4.69, 9.17) is 9.05 Å². The molecule has 0 N–H and O–H groups in total. The Morgan fingerprint density at radius 1 is 0.735 bits per heavy atom. The first-order valence-corrected chi connectivity index (χ1v) is 13.6. The highest BCUT2D eigenvalue weighted by atomic mass is 31.2. The zero-order chi connectivity index (χ0) is 24.8. The minimum Gasteiger partial charge on any atom is -0.435 e. The molecule has 0 unspecified atom stereocenters. The third-order valence-corrected chi connectivity index (χ3v) is 8.06. The molecular formula is C31H39O2P. The predicted molar refractivity (Wildman–Crippen MR) is 146 cm³/mol. The van der Waals surface area contributed by atoms with Gasteiger partial charge in [-0.1, -0.05) is 102 Å². The number of rotatable bonds is 2. The Labute approximate surface area is 207 Å². The Balaban J connectivity index is 2.03. The molecule has 3 heteroatoms. The molecule has 1 aliphatic heterocycles. The van der Waals surface area contributed by atoms with Crippen LogP contribution in [0.3, 0.4) is 0 Å². The van der Waals surface area contributed by atoms with Gasteiger partial charge in [-0.25, -0.2) is 0 Å². The zero-order valence-electron chi connectivity index (χ0n) is 22.3. The summed E-state index contributed by atoms with van der Waals surface area (Å²) in [4.78, 5) is 0. The van der Waals surface area contributed by atoms with Gasteiger partial charge in [0.1, 0.15) is 11.5 Å². The van der Waals surface area contributed by atoms with Gasteiger partial charge >= 0.3 is 8.38 Å². The van der Waals surface area contributed by atoms with Gasteiger partial charge in [-0.3, -0.25) is 0 Å². The Morgan fingerprint density at radius 2 is 1.21 bits per heavy atom. The van der Waals surface area contributed by atoms with Crippen molar-refractivity contribution in [1.29, 1.82) is 0 Å². The van der Waals surface area contributed by atoms with Gasteiger partial charge in [-0.2, -0.15) is 0 Å². The highest BCUT2D eigenvalue weighted by Crippen LogP contribution is 2.51. The Kier molecular flexibility index (Phi) is 6.60. The molecular weight excluding hydrogens is 435 g/mol. The van der Waals surface area contributed by atoms with E-state index in [1.54, 1.807) is 0 Å². The van der Waals surface area contributed by atoms with Crippen molar-refractivity contribution in [1.82, 2.24) is 0 Å². The van der Waals surface area contributed by atoms with Crippen LogP contribution in [0.1, 0.15) is 87.4 Å². The minimum absolute atomic E-state index is 0.0351. The summed E-state index contributed by atoms with van der Waals surface area (Å²) in [5.74, 6) is 2.00. The third kappa shape index (κ3) is 4.89. The maximum Gasteiger partial charge on any atom is 0.326 e.